The molecule has 5 nitrogen and oxygen atoms in total. The van der Waals surface area contributed by atoms with Crippen LogP contribution in [0.2, 0.25) is 0 Å². The number of carbonyl (C=O) groups excluding carboxylic acids is 1. The van der Waals surface area contributed by atoms with Crippen molar-refractivity contribution in [3.05, 3.63) is 11.6 Å². The molecule has 0 aromatic carbocycles. The molecule has 0 radical (unpaired) electrons. The van der Waals surface area contributed by atoms with Crippen LogP contribution in [0, 0.1) is 0 Å². The van der Waals surface area contributed by atoms with Gasteiger partial charge in [0.05, 0.1) is 6.61 Å². The number of carboxylic acid groups (broad SMARTS) is 1. The largest absolute Gasteiger partial charge is 0.480 e. The molecule has 1 amide bonds. The normalized spacial score (nSPS) is 11.3. The third-order valence-electron chi connectivity index (χ3n) is 2.03. The lowest BCUT2D eigenvalue weighted by atomic mass is 10.2. The number of hydrogen-bond donors (Lipinski definition) is 1. The Balaban J connectivity index is 4.54. The van der Waals surface area contributed by atoms with Crippen molar-refractivity contribution in [2.45, 2.75) is 20.3 Å². The molecule has 92 valence electrons. The van der Waals surface area contributed by atoms with Gasteiger partial charge in [0.1, 0.15) is 6.54 Å². The second-order valence-electron chi connectivity index (χ2n) is 3.41. The van der Waals surface area contributed by atoms with Crippen LogP contribution < -0.4 is 0 Å². The molecule has 0 aliphatic carbocycles. The standard InChI is InChI=1S/C11H19NO4/c1-4-5-9(2)11(15)12(6-7-16-3)8-10(13)14/h5H,4,6-8H2,1-3H3,(H,13,14)/b9-5-. The number of ether oxygens (including phenoxy) is 1. The minimum Gasteiger partial charge on any atom is -0.480 e. The Morgan fingerprint density at radius 2 is 2.06 bits per heavy atom. The zero-order chi connectivity index (χ0) is 12.6. The van der Waals surface area contributed by atoms with Crippen LogP contribution in [0.3, 0.4) is 0 Å². The van der Waals surface area contributed by atoms with E-state index in [4.69, 9.17) is 9.84 Å². The minimum absolute atomic E-state index is 0.249. The van der Waals surface area contributed by atoms with Crippen molar-refractivity contribution in [1.82, 2.24) is 4.90 Å². The molecule has 16 heavy (non-hydrogen) atoms. The van der Waals surface area contributed by atoms with Gasteiger partial charge in [-0.25, -0.2) is 0 Å². The molecule has 0 spiro atoms. The van der Waals surface area contributed by atoms with Gasteiger partial charge in [-0.3, -0.25) is 9.59 Å². The Bertz CT molecular complexity index is 273. The van der Waals surface area contributed by atoms with Crippen LogP contribution in [0.1, 0.15) is 20.3 Å². The van der Waals surface area contributed by atoms with Crippen LogP contribution in [0.25, 0.3) is 0 Å². The highest BCUT2D eigenvalue weighted by atomic mass is 16.5. The fraction of sp³-hybridized carbons (Fsp3) is 0.636. The maximum Gasteiger partial charge on any atom is 0.323 e. The lowest BCUT2D eigenvalue weighted by molar-refractivity contribution is -0.143. The molecule has 0 atom stereocenters. The molecule has 0 aromatic heterocycles. The van der Waals surface area contributed by atoms with E-state index in [1.807, 2.05) is 6.92 Å². The van der Waals surface area contributed by atoms with E-state index in [1.165, 1.54) is 12.0 Å². The number of carboxylic acids is 1. The average Bonchev–Trinajstić information content (AvgIpc) is 2.23. The molecule has 0 saturated heterocycles. The molecule has 0 heterocycles. The van der Waals surface area contributed by atoms with Gasteiger partial charge in [-0.05, 0) is 13.3 Å². The summed E-state index contributed by atoms with van der Waals surface area (Å²) in [5, 5.41) is 8.69. The summed E-state index contributed by atoms with van der Waals surface area (Å²) in [4.78, 5) is 23.7. The molecule has 1 N–H and O–H groups in total. The molecule has 0 aromatic rings. The summed E-state index contributed by atoms with van der Waals surface area (Å²) in [5.41, 5.74) is 0.569. The molecule has 5 heteroatoms. The minimum atomic E-state index is -1.02. The number of carbonyl (C=O) groups is 2. The highest BCUT2D eigenvalue weighted by molar-refractivity contribution is 5.94. The van der Waals surface area contributed by atoms with Gasteiger partial charge in [0.25, 0.3) is 0 Å². The Hall–Kier alpha value is -1.36. The SMILES string of the molecule is CC/C=C(/C)C(=O)N(CCOC)CC(=O)O. The summed E-state index contributed by atoms with van der Waals surface area (Å²) >= 11 is 0. The summed E-state index contributed by atoms with van der Waals surface area (Å²) < 4.78 is 4.84. The number of methoxy groups -OCH3 is 1. The zero-order valence-corrected chi connectivity index (χ0v) is 10.0. The maximum absolute atomic E-state index is 11.8. The number of rotatable bonds is 7. The number of nitrogens with zero attached hydrogens (tertiary/aromatic N) is 1. The van der Waals surface area contributed by atoms with Crippen molar-refractivity contribution in [2.24, 2.45) is 0 Å². The Morgan fingerprint density at radius 3 is 2.50 bits per heavy atom. The summed E-state index contributed by atoms with van der Waals surface area (Å²) in [6.45, 7) is 3.94. The van der Waals surface area contributed by atoms with Gasteiger partial charge in [-0.2, -0.15) is 0 Å². The highest BCUT2D eigenvalue weighted by Crippen LogP contribution is 2.02. The zero-order valence-electron chi connectivity index (χ0n) is 10.0. The van der Waals surface area contributed by atoms with Crippen molar-refractivity contribution in [3.63, 3.8) is 0 Å². The van der Waals surface area contributed by atoms with Crippen molar-refractivity contribution < 1.29 is 19.4 Å². The van der Waals surface area contributed by atoms with Gasteiger partial charge in [-0.1, -0.05) is 13.0 Å². The van der Waals surface area contributed by atoms with Crippen LogP contribution in [0.5, 0.6) is 0 Å². The molecule has 0 aliphatic rings. The number of amides is 1. The van der Waals surface area contributed by atoms with Crippen LogP contribution in [-0.2, 0) is 14.3 Å². The molecular weight excluding hydrogens is 210 g/mol. The first-order valence-corrected chi connectivity index (χ1v) is 5.19. The van der Waals surface area contributed by atoms with E-state index in [2.05, 4.69) is 0 Å². The van der Waals surface area contributed by atoms with Gasteiger partial charge in [-0.15, -0.1) is 0 Å². The van der Waals surface area contributed by atoms with Crippen molar-refractivity contribution in [2.75, 3.05) is 26.8 Å². The molecule has 0 rings (SSSR count). The third-order valence-corrected chi connectivity index (χ3v) is 2.03. The first-order chi connectivity index (χ1) is 7.52. The van der Waals surface area contributed by atoms with Gasteiger partial charge >= 0.3 is 5.97 Å². The summed E-state index contributed by atoms with van der Waals surface area (Å²) in [6, 6.07) is 0. The van der Waals surface area contributed by atoms with E-state index in [0.717, 1.165) is 6.42 Å². The van der Waals surface area contributed by atoms with Gasteiger partial charge in [0.2, 0.25) is 5.91 Å². The van der Waals surface area contributed by atoms with Gasteiger partial charge in [0.15, 0.2) is 0 Å². The predicted molar refractivity (Wildman–Crippen MR) is 60.1 cm³/mol. The van der Waals surface area contributed by atoms with E-state index < -0.39 is 5.97 Å². The first-order valence-electron chi connectivity index (χ1n) is 5.19. The van der Waals surface area contributed by atoms with Crippen molar-refractivity contribution >= 4 is 11.9 Å². The van der Waals surface area contributed by atoms with Crippen LogP contribution in [-0.4, -0.2) is 48.7 Å². The fourth-order valence-corrected chi connectivity index (χ4v) is 1.26. The van der Waals surface area contributed by atoms with Gasteiger partial charge in [0, 0.05) is 19.2 Å². The van der Waals surface area contributed by atoms with Crippen LogP contribution in [0.15, 0.2) is 11.6 Å². The second kappa shape index (κ2) is 7.87. The Morgan fingerprint density at radius 1 is 1.44 bits per heavy atom. The molecule has 0 saturated carbocycles. The quantitative estimate of drug-likeness (QED) is 0.659. The smallest absolute Gasteiger partial charge is 0.323 e. The van der Waals surface area contributed by atoms with Crippen molar-refractivity contribution in [1.29, 1.82) is 0 Å². The number of hydrogen-bond acceptors (Lipinski definition) is 3. The molecule has 0 fully saturated rings. The molecule has 0 bridgehead atoms. The average molecular weight is 229 g/mol. The van der Waals surface area contributed by atoms with Crippen LogP contribution in [0.4, 0.5) is 0 Å². The second-order valence-corrected chi connectivity index (χ2v) is 3.41. The monoisotopic (exact) mass is 229 g/mol. The van der Waals surface area contributed by atoms with E-state index in [-0.39, 0.29) is 19.0 Å². The van der Waals surface area contributed by atoms with E-state index in [9.17, 15) is 9.59 Å². The first kappa shape index (κ1) is 14.6. The number of aliphatic carboxylic acids is 1. The number of allylic oxidation sites excluding steroid dienone is 1. The van der Waals surface area contributed by atoms with E-state index >= 15 is 0 Å². The topological polar surface area (TPSA) is 66.8 Å². The Labute approximate surface area is 95.7 Å². The summed E-state index contributed by atoms with van der Waals surface area (Å²) in [7, 11) is 1.51. The predicted octanol–water partition coefficient (Wildman–Crippen LogP) is 0.902. The van der Waals surface area contributed by atoms with Gasteiger partial charge < -0.3 is 14.7 Å². The summed E-state index contributed by atoms with van der Waals surface area (Å²) in [5.74, 6) is -1.27. The van der Waals surface area contributed by atoms with E-state index in [0.29, 0.717) is 12.2 Å². The van der Waals surface area contributed by atoms with Crippen molar-refractivity contribution in [3.8, 4) is 0 Å². The molecular formula is C11H19NO4. The maximum atomic E-state index is 11.8. The molecule has 0 unspecified atom stereocenters. The third kappa shape index (κ3) is 5.50. The highest BCUT2D eigenvalue weighted by Gasteiger charge is 2.17. The summed E-state index contributed by atoms with van der Waals surface area (Å²) in [6.07, 6.45) is 2.53. The lowest BCUT2D eigenvalue weighted by Gasteiger charge is -2.20. The lowest BCUT2D eigenvalue weighted by Crippen LogP contribution is -2.38. The van der Waals surface area contributed by atoms with E-state index in [1.54, 1.807) is 13.0 Å². The fourth-order valence-electron chi connectivity index (χ4n) is 1.26. The van der Waals surface area contributed by atoms with Crippen LogP contribution >= 0.6 is 0 Å². The Kier molecular flexibility index (Phi) is 7.20. The molecule has 0 aliphatic heterocycles.